The fraction of sp³-hybridized carbons (Fsp3) is 0.905. The highest BCUT2D eigenvalue weighted by molar-refractivity contribution is 5.74. The molecule has 0 aliphatic carbocycles. The van der Waals surface area contributed by atoms with Gasteiger partial charge in [-0.25, -0.2) is 0 Å². The van der Waals surface area contributed by atoms with Gasteiger partial charge >= 0.3 is 11.9 Å². The number of aliphatic carboxylic acids is 2. The first-order valence-corrected chi connectivity index (χ1v) is 10.0. The number of carboxylic acid groups (broad SMARTS) is 2. The number of likely N-dealkylation sites (tertiary alicyclic amines) is 1. The molecule has 0 radical (unpaired) electrons. The van der Waals surface area contributed by atoms with E-state index in [2.05, 4.69) is 39.6 Å². The van der Waals surface area contributed by atoms with Crippen molar-refractivity contribution in [3.63, 3.8) is 0 Å². The summed E-state index contributed by atoms with van der Waals surface area (Å²) < 4.78 is 0. The minimum atomic E-state index is -0.740. The van der Waals surface area contributed by atoms with Crippen LogP contribution in [0.5, 0.6) is 0 Å². The normalized spacial score (nSPS) is 22.7. The van der Waals surface area contributed by atoms with E-state index in [0.717, 1.165) is 38.5 Å². The molecule has 1 aliphatic heterocycles. The summed E-state index contributed by atoms with van der Waals surface area (Å²) in [5.41, 5.74) is -0.725. The van der Waals surface area contributed by atoms with Gasteiger partial charge in [0.1, 0.15) is 0 Å². The Kier molecular flexibility index (Phi) is 7.70. The Morgan fingerprint density at radius 3 is 1.88 bits per heavy atom. The number of unbranched alkanes of at least 4 members (excludes halogenated alkanes) is 4. The second kappa shape index (κ2) is 8.73. The molecule has 152 valence electrons. The van der Waals surface area contributed by atoms with Gasteiger partial charge in [-0.3, -0.25) is 14.5 Å². The van der Waals surface area contributed by atoms with Crippen LogP contribution in [0, 0.1) is 11.3 Å². The van der Waals surface area contributed by atoms with Gasteiger partial charge in [0.25, 0.3) is 0 Å². The average Bonchev–Trinajstić information content (AvgIpc) is 2.50. The van der Waals surface area contributed by atoms with Gasteiger partial charge < -0.3 is 10.2 Å². The third kappa shape index (κ3) is 5.70. The van der Waals surface area contributed by atoms with Crippen molar-refractivity contribution < 1.29 is 19.8 Å². The largest absolute Gasteiger partial charge is 0.481 e. The highest BCUT2D eigenvalue weighted by Gasteiger charge is 2.51. The van der Waals surface area contributed by atoms with Crippen LogP contribution in [0.1, 0.15) is 92.4 Å². The molecule has 1 fully saturated rings. The van der Waals surface area contributed by atoms with E-state index in [4.69, 9.17) is 5.11 Å². The molecule has 0 aromatic heterocycles. The molecule has 0 saturated carbocycles. The summed E-state index contributed by atoms with van der Waals surface area (Å²) in [4.78, 5) is 25.1. The van der Waals surface area contributed by atoms with E-state index in [0.29, 0.717) is 12.8 Å². The fourth-order valence-electron chi connectivity index (χ4n) is 4.61. The van der Waals surface area contributed by atoms with Gasteiger partial charge in [0, 0.05) is 17.5 Å². The minimum Gasteiger partial charge on any atom is -0.481 e. The molecule has 0 aromatic carbocycles. The summed E-state index contributed by atoms with van der Waals surface area (Å²) in [7, 11) is 2.14. The maximum absolute atomic E-state index is 12.2. The summed E-state index contributed by atoms with van der Waals surface area (Å²) in [6, 6.07) is 0. The summed E-state index contributed by atoms with van der Waals surface area (Å²) in [5.74, 6) is -1.26. The smallest absolute Gasteiger partial charge is 0.309 e. The molecule has 0 bridgehead atoms. The number of carboxylic acids is 2. The predicted molar refractivity (Wildman–Crippen MR) is 104 cm³/mol. The predicted octanol–water partition coefficient (Wildman–Crippen LogP) is 4.79. The molecule has 5 nitrogen and oxygen atoms in total. The van der Waals surface area contributed by atoms with E-state index in [-0.39, 0.29) is 23.4 Å². The number of carbonyl (C=O) groups is 2. The van der Waals surface area contributed by atoms with Crippen molar-refractivity contribution in [1.82, 2.24) is 4.90 Å². The maximum Gasteiger partial charge on any atom is 0.309 e. The molecule has 1 rings (SSSR count). The van der Waals surface area contributed by atoms with E-state index >= 15 is 0 Å². The quantitative estimate of drug-likeness (QED) is 0.541. The lowest BCUT2D eigenvalue weighted by atomic mass is 9.62. The molecule has 1 unspecified atom stereocenters. The molecule has 0 amide bonds. The van der Waals surface area contributed by atoms with Gasteiger partial charge in [0.15, 0.2) is 0 Å². The van der Waals surface area contributed by atoms with Gasteiger partial charge in [-0.05, 0) is 73.3 Å². The third-order valence-corrected chi connectivity index (χ3v) is 6.78. The van der Waals surface area contributed by atoms with Gasteiger partial charge in [-0.15, -0.1) is 0 Å². The van der Waals surface area contributed by atoms with Gasteiger partial charge in [-0.2, -0.15) is 0 Å². The molecule has 1 atom stereocenters. The summed E-state index contributed by atoms with van der Waals surface area (Å²) in [6.07, 6.45) is 7.18. The van der Waals surface area contributed by atoms with Crippen LogP contribution in [-0.2, 0) is 9.59 Å². The van der Waals surface area contributed by atoms with Crippen LogP contribution in [0.4, 0.5) is 0 Å². The molecule has 0 spiro atoms. The average molecular weight is 370 g/mol. The molecule has 1 aliphatic rings. The van der Waals surface area contributed by atoms with Crippen molar-refractivity contribution in [3.8, 4) is 0 Å². The van der Waals surface area contributed by atoms with Crippen molar-refractivity contribution in [2.75, 3.05) is 7.05 Å². The second-order valence-corrected chi connectivity index (χ2v) is 9.67. The first-order chi connectivity index (χ1) is 11.8. The molecule has 1 heterocycles. The first-order valence-electron chi connectivity index (χ1n) is 10.0. The van der Waals surface area contributed by atoms with E-state index < -0.39 is 17.4 Å². The zero-order chi connectivity index (χ0) is 20.2. The summed E-state index contributed by atoms with van der Waals surface area (Å²) in [5, 5.41) is 18.7. The van der Waals surface area contributed by atoms with Crippen LogP contribution < -0.4 is 0 Å². The van der Waals surface area contributed by atoms with Crippen LogP contribution in [0.3, 0.4) is 0 Å². The Bertz CT molecular complexity index is 482. The first kappa shape index (κ1) is 22.9. The second-order valence-electron chi connectivity index (χ2n) is 9.67. The molecular weight excluding hydrogens is 330 g/mol. The number of hydrogen-bond donors (Lipinski definition) is 2. The van der Waals surface area contributed by atoms with Crippen LogP contribution in [0.15, 0.2) is 0 Å². The lowest BCUT2D eigenvalue weighted by Crippen LogP contribution is -2.61. The molecule has 2 N–H and O–H groups in total. The van der Waals surface area contributed by atoms with E-state index in [1.54, 1.807) is 0 Å². The zero-order valence-electron chi connectivity index (χ0n) is 17.6. The molecule has 26 heavy (non-hydrogen) atoms. The molecule has 1 saturated heterocycles. The zero-order valence-corrected chi connectivity index (χ0v) is 17.6. The molecular formula is C21H39NO4. The van der Waals surface area contributed by atoms with Crippen molar-refractivity contribution in [2.24, 2.45) is 11.3 Å². The monoisotopic (exact) mass is 369 g/mol. The van der Waals surface area contributed by atoms with Crippen molar-refractivity contribution >= 4 is 11.9 Å². The molecule has 5 heteroatoms. The fourth-order valence-corrected chi connectivity index (χ4v) is 4.61. The number of rotatable bonds is 10. The van der Waals surface area contributed by atoms with Gasteiger partial charge in [-0.1, -0.05) is 25.7 Å². The molecule has 0 aromatic rings. The minimum absolute atomic E-state index is 0.0139. The van der Waals surface area contributed by atoms with Gasteiger partial charge in [0.05, 0.1) is 5.41 Å². The van der Waals surface area contributed by atoms with Crippen LogP contribution in [0.25, 0.3) is 0 Å². The number of piperidine rings is 1. The van der Waals surface area contributed by atoms with E-state index in [1.165, 1.54) is 0 Å². The lowest BCUT2D eigenvalue weighted by molar-refractivity contribution is -0.158. The maximum atomic E-state index is 12.2. The number of hydrogen-bond acceptors (Lipinski definition) is 3. The Hall–Kier alpha value is -1.10. The van der Waals surface area contributed by atoms with Crippen molar-refractivity contribution in [3.05, 3.63) is 0 Å². The highest BCUT2D eigenvalue weighted by Crippen LogP contribution is 2.49. The van der Waals surface area contributed by atoms with Crippen LogP contribution in [-0.4, -0.2) is 45.2 Å². The Labute approximate surface area is 159 Å². The number of nitrogens with zero attached hydrogens (tertiary/aromatic N) is 1. The van der Waals surface area contributed by atoms with Crippen molar-refractivity contribution in [2.45, 2.75) is 103 Å². The SMILES string of the molecule is CN1C(C)(C)CC(C(C)(CCCCCCCC(=O)O)C(=O)O)CC1(C)C. The van der Waals surface area contributed by atoms with Gasteiger partial charge in [0.2, 0.25) is 0 Å². The lowest BCUT2D eigenvalue weighted by Gasteiger charge is -2.56. The standard InChI is InChI=1S/C21H39NO4/c1-19(2)14-16(15-20(3,4)22(19)6)21(5,18(25)26)13-11-9-7-8-10-12-17(23)24/h16H,7-15H2,1-6H3,(H,23,24)(H,25,26). The van der Waals surface area contributed by atoms with Crippen molar-refractivity contribution in [1.29, 1.82) is 0 Å². The summed E-state index contributed by atoms with van der Waals surface area (Å²) >= 11 is 0. The Morgan fingerprint density at radius 2 is 1.42 bits per heavy atom. The summed E-state index contributed by atoms with van der Waals surface area (Å²) in [6.45, 7) is 10.8. The Balaban J connectivity index is 2.66. The van der Waals surface area contributed by atoms with Crippen LogP contribution >= 0.6 is 0 Å². The topological polar surface area (TPSA) is 77.8 Å². The van der Waals surface area contributed by atoms with E-state index in [9.17, 15) is 14.7 Å². The van der Waals surface area contributed by atoms with Crippen LogP contribution in [0.2, 0.25) is 0 Å². The third-order valence-electron chi connectivity index (χ3n) is 6.78. The highest BCUT2D eigenvalue weighted by atomic mass is 16.4. The Morgan fingerprint density at radius 1 is 0.962 bits per heavy atom. The van der Waals surface area contributed by atoms with E-state index in [1.807, 2.05) is 6.92 Å².